The van der Waals surface area contributed by atoms with E-state index >= 15 is 0 Å². The van der Waals surface area contributed by atoms with Crippen LogP contribution in [0.25, 0.3) is 10.9 Å². The highest BCUT2D eigenvalue weighted by molar-refractivity contribution is 8.00. The van der Waals surface area contributed by atoms with Crippen LogP contribution in [-0.4, -0.2) is 22.9 Å². The molecule has 26 heavy (non-hydrogen) atoms. The first-order valence-electron chi connectivity index (χ1n) is 7.60. The third kappa shape index (κ3) is 4.22. The Morgan fingerprint density at radius 1 is 1.23 bits per heavy atom. The Morgan fingerprint density at radius 3 is 2.92 bits per heavy atom. The Kier molecular flexibility index (Phi) is 5.55. The summed E-state index contributed by atoms with van der Waals surface area (Å²) in [4.78, 5) is 27.7. The molecule has 0 atom stereocenters. The van der Waals surface area contributed by atoms with Crippen LogP contribution in [0, 0.1) is 4.91 Å². The number of carbonyl (C=O) groups excluding carboxylic acids is 1. The Balaban J connectivity index is 1.60. The summed E-state index contributed by atoms with van der Waals surface area (Å²) in [6.07, 6.45) is 2.90. The molecule has 1 heterocycles. The fourth-order valence-corrected chi connectivity index (χ4v) is 3.07. The average Bonchev–Trinajstić information content (AvgIpc) is 2.67. The molecule has 1 amide bonds. The zero-order valence-corrected chi connectivity index (χ0v) is 14.3. The number of benzene rings is 2. The molecule has 0 fully saturated rings. The molecule has 0 bridgehead atoms. The van der Waals surface area contributed by atoms with Gasteiger partial charge in [0.2, 0.25) is 5.91 Å². The van der Waals surface area contributed by atoms with Crippen LogP contribution < -0.4 is 10.5 Å². The first-order valence-corrected chi connectivity index (χ1v) is 8.59. The SMILES string of the molecule is O=Nc1ccc([O-])c(/C=N\NC(=O)CSc2cccc3cccnc23)c1. The van der Waals surface area contributed by atoms with Crippen molar-refractivity contribution in [2.75, 3.05) is 5.75 Å². The molecule has 0 aliphatic heterocycles. The number of aromatic nitrogens is 1. The van der Waals surface area contributed by atoms with Gasteiger partial charge in [-0.15, -0.1) is 16.7 Å². The average molecular weight is 365 g/mol. The number of nitrogens with one attached hydrogen (secondary N) is 1. The lowest BCUT2D eigenvalue weighted by Crippen LogP contribution is -2.19. The molecule has 7 nitrogen and oxygen atoms in total. The van der Waals surface area contributed by atoms with Crippen molar-refractivity contribution in [1.82, 2.24) is 10.4 Å². The molecule has 0 radical (unpaired) electrons. The lowest BCUT2D eigenvalue weighted by atomic mass is 10.2. The van der Waals surface area contributed by atoms with Crippen molar-refractivity contribution in [3.63, 3.8) is 0 Å². The lowest BCUT2D eigenvalue weighted by Gasteiger charge is -2.09. The standard InChI is InChI=1S/C18H14N4O3S/c23-15-7-6-14(22-25)9-13(15)10-20-21-17(24)11-26-16-5-1-3-12-4-2-8-19-18(12)16/h1-10,23H,11H2,(H,21,24)/p-1/b20-10-. The fraction of sp³-hybridized carbons (Fsp3) is 0.0556. The fourth-order valence-electron chi connectivity index (χ4n) is 2.24. The summed E-state index contributed by atoms with van der Waals surface area (Å²) in [6.45, 7) is 0. The number of amides is 1. The van der Waals surface area contributed by atoms with Crippen LogP contribution in [0.15, 0.2) is 69.9 Å². The number of rotatable bonds is 6. The number of hydrazone groups is 1. The first-order chi connectivity index (χ1) is 12.7. The molecule has 130 valence electrons. The van der Waals surface area contributed by atoms with Gasteiger partial charge in [0.05, 0.1) is 17.5 Å². The molecule has 2 aromatic carbocycles. The summed E-state index contributed by atoms with van der Waals surface area (Å²) in [5, 5.41) is 19.2. The number of fused-ring (bicyclic) bond motifs is 1. The molecule has 0 saturated heterocycles. The van der Waals surface area contributed by atoms with Crippen molar-refractivity contribution in [2.45, 2.75) is 4.90 Å². The van der Waals surface area contributed by atoms with Gasteiger partial charge in [-0.3, -0.25) is 9.78 Å². The smallest absolute Gasteiger partial charge is 0.250 e. The summed E-state index contributed by atoms with van der Waals surface area (Å²) >= 11 is 1.35. The van der Waals surface area contributed by atoms with Gasteiger partial charge in [0.15, 0.2) is 0 Å². The number of carbonyl (C=O) groups is 1. The molecular formula is C18H13N4O3S-. The van der Waals surface area contributed by atoms with Crippen molar-refractivity contribution < 1.29 is 9.90 Å². The number of pyridine rings is 1. The molecule has 0 aliphatic rings. The minimum atomic E-state index is -0.323. The van der Waals surface area contributed by atoms with Crippen molar-refractivity contribution >= 4 is 40.5 Å². The van der Waals surface area contributed by atoms with Crippen molar-refractivity contribution in [3.05, 3.63) is 65.2 Å². The second-order valence-corrected chi connectivity index (χ2v) is 6.24. The monoisotopic (exact) mass is 365 g/mol. The number of hydrogen-bond donors (Lipinski definition) is 1. The Bertz CT molecular complexity index is 986. The van der Waals surface area contributed by atoms with Gasteiger partial charge in [-0.2, -0.15) is 5.10 Å². The number of hydrogen-bond acceptors (Lipinski definition) is 7. The van der Waals surface area contributed by atoms with Gasteiger partial charge in [0, 0.05) is 16.5 Å². The van der Waals surface area contributed by atoms with Gasteiger partial charge in [-0.25, -0.2) is 5.43 Å². The van der Waals surface area contributed by atoms with Gasteiger partial charge in [-0.05, 0) is 35.0 Å². The molecule has 1 N–H and O–H groups in total. The zero-order chi connectivity index (χ0) is 18.4. The topological polar surface area (TPSA) is 107 Å². The molecule has 3 rings (SSSR count). The number of nitroso groups, excluding NO2 is 1. The maximum absolute atomic E-state index is 11.9. The van der Waals surface area contributed by atoms with E-state index in [-0.39, 0.29) is 28.7 Å². The van der Waals surface area contributed by atoms with E-state index < -0.39 is 0 Å². The Morgan fingerprint density at radius 2 is 2.08 bits per heavy atom. The van der Waals surface area contributed by atoms with Crippen molar-refractivity contribution in [2.24, 2.45) is 10.3 Å². The molecule has 8 heteroatoms. The van der Waals surface area contributed by atoms with Crippen LogP contribution in [0.3, 0.4) is 0 Å². The van der Waals surface area contributed by atoms with E-state index in [1.165, 1.54) is 36.2 Å². The van der Waals surface area contributed by atoms with Gasteiger partial charge < -0.3 is 5.11 Å². The Labute approximate surface area is 153 Å². The molecule has 0 aliphatic carbocycles. The quantitative estimate of drug-likeness (QED) is 0.313. The van der Waals surface area contributed by atoms with E-state index in [9.17, 15) is 14.8 Å². The van der Waals surface area contributed by atoms with Crippen molar-refractivity contribution in [3.8, 4) is 5.75 Å². The van der Waals surface area contributed by atoms with E-state index in [1.807, 2.05) is 30.3 Å². The maximum Gasteiger partial charge on any atom is 0.250 e. The predicted octanol–water partition coefficient (Wildman–Crippen LogP) is 2.95. The molecule has 0 saturated carbocycles. The lowest BCUT2D eigenvalue weighted by molar-refractivity contribution is -0.268. The van der Waals surface area contributed by atoms with E-state index in [4.69, 9.17) is 0 Å². The maximum atomic E-state index is 11.9. The highest BCUT2D eigenvalue weighted by Crippen LogP contribution is 2.25. The van der Waals surface area contributed by atoms with Gasteiger partial charge >= 0.3 is 0 Å². The van der Waals surface area contributed by atoms with Crippen LogP contribution >= 0.6 is 11.8 Å². The molecule has 0 spiro atoms. The molecular weight excluding hydrogens is 352 g/mol. The summed E-state index contributed by atoms with van der Waals surface area (Å²) in [5.41, 5.74) is 3.49. The van der Waals surface area contributed by atoms with E-state index in [0.29, 0.717) is 0 Å². The van der Waals surface area contributed by atoms with Crippen LogP contribution in [0.4, 0.5) is 5.69 Å². The normalized spacial score (nSPS) is 10.9. The number of para-hydroxylation sites is 1. The third-order valence-electron chi connectivity index (χ3n) is 3.45. The van der Waals surface area contributed by atoms with Crippen LogP contribution in [0.2, 0.25) is 0 Å². The number of thioether (sulfide) groups is 1. The molecule has 1 aromatic heterocycles. The largest absolute Gasteiger partial charge is 0.872 e. The third-order valence-corrected chi connectivity index (χ3v) is 4.49. The van der Waals surface area contributed by atoms with Crippen LogP contribution in [0.5, 0.6) is 5.75 Å². The predicted molar refractivity (Wildman–Crippen MR) is 99.5 cm³/mol. The highest BCUT2D eigenvalue weighted by Gasteiger charge is 2.06. The summed E-state index contributed by atoms with van der Waals surface area (Å²) in [5.74, 6) is -0.490. The van der Waals surface area contributed by atoms with Gasteiger partial charge in [0.25, 0.3) is 0 Å². The van der Waals surface area contributed by atoms with E-state index in [0.717, 1.165) is 15.8 Å². The number of nitrogens with zero attached hydrogens (tertiary/aromatic N) is 3. The minimum absolute atomic E-state index is 0.122. The second kappa shape index (κ2) is 8.21. The van der Waals surface area contributed by atoms with Crippen LogP contribution in [0.1, 0.15) is 5.56 Å². The Hall–Kier alpha value is -3.26. The van der Waals surface area contributed by atoms with E-state index in [1.54, 1.807) is 6.20 Å². The summed E-state index contributed by atoms with van der Waals surface area (Å²) < 4.78 is 0. The molecule has 0 unspecified atom stereocenters. The van der Waals surface area contributed by atoms with E-state index in [2.05, 4.69) is 20.7 Å². The van der Waals surface area contributed by atoms with Crippen molar-refractivity contribution in [1.29, 1.82) is 0 Å². The highest BCUT2D eigenvalue weighted by atomic mass is 32.2. The first kappa shape index (κ1) is 17.6. The van der Waals surface area contributed by atoms with Gasteiger partial charge in [-0.1, -0.05) is 30.0 Å². The zero-order valence-electron chi connectivity index (χ0n) is 13.5. The second-order valence-electron chi connectivity index (χ2n) is 5.23. The minimum Gasteiger partial charge on any atom is -0.872 e. The van der Waals surface area contributed by atoms with Crippen LogP contribution in [-0.2, 0) is 4.79 Å². The molecule has 3 aromatic rings. The summed E-state index contributed by atoms with van der Waals surface area (Å²) in [6, 6.07) is 13.4. The van der Waals surface area contributed by atoms with Gasteiger partial charge in [0.1, 0.15) is 5.69 Å². The summed E-state index contributed by atoms with van der Waals surface area (Å²) in [7, 11) is 0.